The van der Waals surface area contributed by atoms with Crippen molar-refractivity contribution in [1.82, 2.24) is 4.57 Å². The fourth-order valence-electron chi connectivity index (χ4n) is 3.56. The van der Waals surface area contributed by atoms with Crippen molar-refractivity contribution in [2.24, 2.45) is 0 Å². The van der Waals surface area contributed by atoms with E-state index in [4.69, 9.17) is 0 Å². The van der Waals surface area contributed by atoms with Crippen LogP contribution in [0.15, 0.2) is 60.8 Å². The van der Waals surface area contributed by atoms with Crippen LogP contribution in [-0.2, 0) is 24.3 Å². The Hall–Kier alpha value is -2.88. The molecule has 0 saturated heterocycles. The molecule has 0 atom stereocenters. The number of carbonyl (C=O) groups is 1. The molecular formula is C21H22N3O+. The minimum Gasteiger partial charge on any atom is -0.323 e. The molecule has 0 saturated carbocycles. The van der Waals surface area contributed by atoms with Gasteiger partial charge in [0.05, 0.1) is 13.0 Å². The molecule has 2 aromatic carbocycles. The molecule has 1 aliphatic heterocycles. The highest BCUT2D eigenvalue weighted by molar-refractivity contribution is 5.89. The lowest BCUT2D eigenvalue weighted by Crippen LogP contribution is -2.42. The molecule has 25 heavy (non-hydrogen) atoms. The van der Waals surface area contributed by atoms with Crippen LogP contribution in [-0.4, -0.2) is 10.5 Å². The fourth-order valence-corrected chi connectivity index (χ4v) is 3.56. The smallest absolute Gasteiger partial charge is 0.266 e. The normalized spacial score (nSPS) is 12.8. The Morgan fingerprint density at radius 3 is 2.80 bits per heavy atom. The van der Waals surface area contributed by atoms with Crippen LogP contribution >= 0.6 is 0 Å². The molecule has 0 aliphatic carbocycles. The summed E-state index contributed by atoms with van der Waals surface area (Å²) in [7, 11) is 0. The van der Waals surface area contributed by atoms with E-state index in [2.05, 4.69) is 44.9 Å². The van der Waals surface area contributed by atoms with Crippen molar-refractivity contribution in [1.29, 1.82) is 0 Å². The lowest BCUT2D eigenvalue weighted by molar-refractivity contribution is -0.690. The van der Waals surface area contributed by atoms with Gasteiger partial charge in [-0.2, -0.15) is 0 Å². The molecule has 2 heterocycles. The van der Waals surface area contributed by atoms with E-state index in [1.165, 1.54) is 17.1 Å². The van der Waals surface area contributed by atoms with Crippen LogP contribution in [0.2, 0.25) is 0 Å². The molecule has 0 fully saturated rings. The molecule has 0 unspecified atom stereocenters. The van der Waals surface area contributed by atoms with E-state index in [9.17, 15) is 4.79 Å². The highest BCUT2D eigenvalue weighted by Crippen LogP contribution is 2.24. The van der Waals surface area contributed by atoms with Gasteiger partial charge in [0.25, 0.3) is 11.7 Å². The summed E-state index contributed by atoms with van der Waals surface area (Å²) >= 11 is 0. The summed E-state index contributed by atoms with van der Waals surface area (Å²) in [4.78, 5) is 12.5. The molecule has 3 aromatic rings. The first-order valence-corrected chi connectivity index (χ1v) is 8.74. The topological polar surface area (TPSA) is 37.9 Å². The van der Waals surface area contributed by atoms with Gasteiger partial charge in [-0.15, -0.1) is 0 Å². The summed E-state index contributed by atoms with van der Waals surface area (Å²) in [5, 5.41) is 3.00. The molecule has 0 spiro atoms. The number of imidazole rings is 1. The van der Waals surface area contributed by atoms with Gasteiger partial charge >= 0.3 is 0 Å². The number of nitrogens with zero attached hydrogens (tertiary/aromatic N) is 2. The second-order valence-electron chi connectivity index (χ2n) is 6.60. The zero-order valence-electron chi connectivity index (χ0n) is 14.4. The second-order valence-corrected chi connectivity index (χ2v) is 6.60. The summed E-state index contributed by atoms with van der Waals surface area (Å²) in [6, 6.07) is 18.3. The fraction of sp³-hybridized carbons (Fsp3) is 0.238. The van der Waals surface area contributed by atoms with Gasteiger partial charge in [0.2, 0.25) is 0 Å². The quantitative estimate of drug-likeness (QED) is 0.731. The third-order valence-electron chi connectivity index (χ3n) is 4.68. The van der Waals surface area contributed by atoms with E-state index in [1.807, 2.05) is 37.3 Å². The number of rotatable bonds is 4. The number of nitrogens with one attached hydrogen (secondary N) is 1. The van der Waals surface area contributed by atoms with Crippen LogP contribution in [0, 0.1) is 6.92 Å². The SMILES string of the molecule is Cc1cccc(NC(=O)C[n+]2cc(-c3ccccc3)n3c2CCC3)c1. The van der Waals surface area contributed by atoms with Crippen LogP contribution in [0.3, 0.4) is 0 Å². The summed E-state index contributed by atoms with van der Waals surface area (Å²) < 4.78 is 4.44. The summed E-state index contributed by atoms with van der Waals surface area (Å²) in [6.07, 6.45) is 4.26. The number of aryl methyl sites for hydroxylation is 1. The number of carbonyl (C=O) groups excluding carboxylic acids is 1. The predicted octanol–water partition coefficient (Wildman–Crippen LogP) is 3.34. The minimum atomic E-state index is 0.00973. The van der Waals surface area contributed by atoms with Gasteiger partial charge in [0.1, 0.15) is 6.20 Å². The predicted molar refractivity (Wildman–Crippen MR) is 98.2 cm³/mol. The maximum Gasteiger partial charge on any atom is 0.266 e. The van der Waals surface area contributed by atoms with E-state index in [-0.39, 0.29) is 5.91 Å². The lowest BCUT2D eigenvalue weighted by atomic mass is 10.2. The summed E-state index contributed by atoms with van der Waals surface area (Å²) in [6.45, 7) is 3.39. The van der Waals surface area contributed by atoms with Gasteiger partial charge in [0, 0.05) is 11.3 Å². The Kier molecular flexibility index (Phi) is 4.10. The Morgan fingerprint density at radius 1 is 1.16 bits per heavy atom. The third kappa shape index (κ3) is 3.20. The van der Waals surface area contributed by atoms with Gasteiger partial charge in [-0.25, -0.2) is 9.13 Å². The molecule has 1 aromatic heterocycles. The number of fused-ring (bicyclic) bond motifs is 1. The standard InChI is InChI=1S/C21H21N3O/c1-16-7-5-10-18(13-16)22-20(25)15-23-14-19(17-8-3-2-4-9-17)24-12-6-11-21(23)24/h2-5,7-10,13-14H,6,11-12,15H2,1H3/p+1. The molecule has 0 radical (unpaired) electrons. The summed E-state index contributed by atoms with van der Waals surface area (Å²) in [5.74, 6) is 1.24. The maximum absolute atomic E-state index is 12.5. The van der Waals surface area contributed by atoms with Crippen molar-refractivity contribution < 1.29 is 9.36 Å². The van der Waals surface area contributed by atoms with E-state index < -0.39 is 0 Å². The molecule has 0 bridgehead atoms. The highest BCUT2D eigenvalue weighted by atomic mass is 16.1. The first kappa shape index (κ1) is 15.6. The van der Waals surface area contributed by atoms with Crippen LogP contribution in [0.5, 0.6) is 0 Å². The Balaban J connectivity index is 1.58. The highest BCUT2D eigenvalue weighted by Gasteiger charge is 2.29. The zero-order chi connectivity index (χ0) is 17.2. The molecule has 1 N–H and O–H groups in total. The number of amides is 1. The Labute approximate surface area is 147 Å². The van der Waals surface area contributed by atoms with Crippen molar-refractivity contribution in [3.8, 4) is 11.3 Å². The number of hydrogen-bond acceptors (Lipinski definition) is 1. The van der Waals surface area contributed by atoms with Gasteiger partial charge in [-0.05, 0) is 31.0 Å². The van der Waals surface area contributed by atoms with Crippen LogP contribution in [0.1, 0.15) is 17.8 Å². The van der Waals surface area contributed by atoms with Crippen molar-refractivity contribution in [2.45, 2.75) is 32.9 Å². The number of anilines is 1. The van der Waals surface area contributed by atoms with Gasteiger partial charge in [-0.3, -0.25) is 4.79 Å². The largest absolute Gasteiger partial charge is 0.323 e. The maximum atomic E-state index is 12.5. The molecule has 126 valence electrons. The van der Waals surface area contributed by atoms with Crippen molar-refractivity contribution in [3.05, 3.63) is 72.2 Å². The van der Waals surface area contributed by atoms with E-state index >= 15 is 0 Å². The van der Waals surface area contributed by atoms with Gasteiger partial charge < -0.3 is 5.32 Å². The molecule has 1 aliphatic rings. The zero-order valence-corrected chi connectivity index (χ0v) is 14.4. The average Bonchev–Trinajstić information content (AvgIpc) is 3.19. The first-order valence-electron chi connectivity index (χ1n) is 8.74. The minimum absolute atomic E-state index is 0.00973. The first-order chi connectivity index (χ1) is 12.2. The lowest BCUT2D eigenvalue weighted by Gasteiger charge is -2.05. The third-order valence-corrected chi connectivity index (χ3v) is 4.68. The number of hydrogen-bond donors (Lipinski definition) is 1. The van der Waals surface area contributed by atoms with Crippen molar-refractivity contribution >= 4 is 11.6 Å². The van der Waals surface area contributed by atoms with Crippen LogP contribution < -0.4 is 9.88 Å². The average molecular weight is 332 g/mol. The summed E-state index contributed by atoms with van der Waals surface area (Å²) in [5.41, 5.74) is 4.38. The van der Waals surface area contributed by atoms with Crippen LogP contribution in [0.25, 0.3) is 11.3 Å². The van der Waals surface area contributed by atoms with Crippen molar-refractivity contribution in [2.75, 3.05) is 5.32 Å². The molecular weight excluding hydrogens is 310 g/mol. The monoisotopic (exact) mass is 332 g/mol. The Morgan fingerprint density at radius 2 is 2.00 bits per heavy atom. The number of aromatic nitrogens is 2. The second kappa shape index (κ2) is 6.55. The molecule has 4 heteroatoms. The van der Waals surface area contributed by atoms with Crippen molar-refractivity contribution in [3.63, 3.8) is 0 Å². The molecule has 4 nitrogen and oxygen atoms in total. The van der Waals surface area contributed by atoms with Gasteiger partial charge in [-0.1, -0.05) is 42.5 Å². The number of benzene rings is 2. The van der Waals surface area contributed by atoms with Gasteiger partial charge in [0.15, 0.2) is 12.2 Å². The van der Waals surface area contributed by atoms with E-state index in [0.717, 1.165) is 30.6 Å². The Bertz CT molecular complexity index is 912. The van der Waals surface area contributed by atoms with Crippen LogP contribution in [0.4, 0.5) is 5.69 Å². The van der Waals surface area contributed by atoms with E-state index in [0.29, 0.717) is 6.54 Å². The molecule has 4 rings (SSSR count). The molecule has 1 amide bonds. The van der Waals surface area contributed by atoms with E-state index in [1.54, 1.807) is 0 Å².